The molecule has 8 nitrogen and oxygen atoms in total. The van der Waals surface area contributed by atoms with Gasteiger partial charge in [0.25, 0.3) is 0 Å². The van der Waals surface area contributed by atoms with E-state index in [0.717, 1.165) is 44.9 Å². The molecule has 0 rings (SSSR count). The number of hydrogen-bond donors (Lipinski definition) is 2. The fourth-order valence-corrected chi connectivity index (χ4v) is 6.33. The van der Waals surface area contributed by atoms with Crippen molar-refractivity contribution in [3.8, 4) is 0 Å². The predicted molar refractivity (Wildman–Crippen MR) is 234 cm³/mol. The van der Waals surface area contributed by atoms with Gasteiger partial charge in [0.15, 0.2) is 6.10 Å². The summed E-state index contributed by atoms with van der Waals surface area (Å²) in [5.74, 6) is -1.03. The summed E-state index contributed by atoms with van der Waals surface area (Å²) in [5.41, 5.74) is 0. The zero-order valence-electron chi connectivity index (χ0n) is 35.5. The van der Waals surface area contributed by atoms with E-state index < -0.39 is 32.5 Å². The van der Waals surface area contributed by atoms with Gasteiger partial charge in [-0.05, 0) is 64.2 Å². The molecule has 0 heterocycles. The third-order valence-corrected chi connectivity index (χ3v) is 9.73. The Morgan fingerprint density at radius 2 is 0.911 bits per heavy atom. The van der Waals surface area contributed by atoms with Crippen molar-refractivity contribution in [3.63, 3.8) is 0 Å². The van der Waals surface area contributed by atoms with Gasteiger partial charge in [-0.2, -0.15) is 0 Å². The molecule has 0 aliphatic carbocycles. The summed E-state index contributed by atoms with van der Waals surface area (Å²) in [5, 5.41) is 0. The second-order valence-electron chi connectivity index (χ2n) is 14.7. The maximum Gasteiger partial charge on any atom is 0.469 e. The molecule has 9 heteroatoms. The maximum atomic E-state index is 12.3. The first-order valence-electron chi connectivity index (χ1n) is 22.2. The van der Waals surface area contributed by atoms with E-state index in [0.29, 0.717) is 12.8 Å². The number of ether oxygens (including phenoxy) is 2. The van der Waals surface area contributed by atoms with Crippen LogP contribution in [0.3, 0.4) is 0 Å². The fourth-order valence-electron chi connectivity index (χ4n) is 5.97. The van der Waals surface area contributed by atoms with Crippen LogP contribution >= 0.6 is 7.82 Å². The highest BCUT2D eigenvalue weighted by molar-refractivity contribution is 7.46. The molecule has 0 aliphatic heterocycles. The minimum Gasteiger partial charge on any atom is -0.462 e. The molecule has 0 aliphatic rings. The van der Waals surface area contributed by atoms with E-state index in [1.165, 1.54) is 109 Å². The molecule has 0 saturated carbocycles. The topological polar surface area (TPSA) is 119 Å². The molecule has 56 heavy (non-hydrogen) atoms. The van der Waals surface area contributed by atoms with E-state index in [-0.39, 0.29) is 19.4 Å². The first kappa shape index (κ1) is 53.5. The van der Waals surface area contributed by atoms with Crippen LogP contribution in [0.2, 0.25) is 0 Å². The molecule has 322 valence electrons. The number of phosphoric acid groups is 1. The zero-order valence-corrected chi connectivity index (χ0v) is 36.4. The van der Waals surface area contributed by atoms with Crippen LogP contribution in [0.5, 0.6) is 0 Å². The number of hydrogen-bond acceptors (Lipinski definition) is 6. The third-order valence-electron chi connectivity index (χ3n) is 9.24. The van der Waals surface area contributed by atoms with Crippen molar-refractivity contribution >= 4 is 19.8 Å². The summed E-state index contributed by atoms with van der Waals surface area (Å²) in [7, 11) is -4.78. The molecule has 0 fully saturated rings. The van der Waals surface area contributed by atoms with Crippen LogP contribution in [0.25, 0.3) is 0 Å². The van der Waals surface area contributed by atoms with Gasteiger partial charge in [-0.3, -0.25) is 14.1 Å². The summed E-state index contributed by atoms with van der Waals surface area (Å²) in [4.78, 5) is 42.8. The van der Waals surface area contributed by atoms with Crippen molar-refractivity contribution in [1.82, 2.24) is 0 Å². The van der Waals surface area contributed by atoms with Crippen LogP contribution in [-0.4, -0.2) is 41.0 Å². The normalized spacial score (nSPS) is 13.1. The lowest BCUT2D eigenvalue weighted by Gasteiger charge is -2.18. The van der Waals surface area contributed by atoms with Gasteiger partial charge in [-0.15, -0.1) is 0 Å². The summed E-state index contributed by atoms with van der Waals surface area (Å²) >= 11 is 0. The largest absolute Gasteiger partial charge is 0.469 e. The van der Waals surface area contributed by atoms with Gasteiger partial charge in [-0.25, -0.2) is 4.57 Å². The molecule has 0 bridgehead atoms. The number of carbonyl (C=O) groups excluding carboxylic acids is 2. The molecule has 0 aromatic carbocycles. The standard InChI is InChI=1S/C47H81O8P/c1-3-5-7-9-11-13-15-17-19-20-21-22-23-24-25-26-28-29-31-33-35-37-39-41-46(48)53-43-45(44-54-56(50,51)52)55-47(49)42-40-38-36-34-32-30-27-18-16-14-12-10-8-6-4-2/h6,8,12,14,18,20-21,27,32,34,38,40,45H,3-5,7,9-11,13,15-17,19,22-26,28-31,33,35-37,39,41-44H2,1-2H3,(H2,50,51,52)/b8-6-,14-12-,21-20-,27-18-,34-32-,40-38-. The Hall–Kier alpha value is -2.51. The SMILES string of the molecule is CC/C=C\C/C=C\C/C=C\C/C=C\C/C=C\CC(=O)OC(COC(=O)CCCCCCCCCCCCC/C=C\CCCCCCCCCC)COP(=O)(O)O. The average Bonchev–Trinajstić information content (AvgIpc) is 3.17. The summed E-state index contributed by atoms with van der Waals surface area (Å²) in [6, 6.07) is 0. The van der Waals surface area contributed by atoms with Crippen molar-refractivity contribution in [2.24, 2.45) is 0 Å². The molecule has 0 spiro atoms. The lowest BCUT2D eigenvalue weighted by atomic mass is 10.0. The molecule has 1 atom stereocenters. The third kappa shape index (κ3) is 44.2. The van der Waals surface area contributed by atoms with Crippen LogP contribution in [-0.2, 0) is 28.2 Å². The first-order valence-corrected chi connectivity index (χ1v) is 23.8. The second kappa shape index (κ2) is 42.1. The highest BCUT2D eigenvalue weighted by atomic mass is 31.2. The van der Waals surface area contributed by atoms with E-state index in [2.05, 4.69) is 73.1 Å². The van der Waals surface area contributed by atoms with E-state index in [9.17, 15) is 14.2 Å². The number of unbranched alkanes of at least 4 members (excludes halogenated alkanes) is 19. The summed E-state index contributed by atoms with van der Waals surface area (Å²) in [6.07, 6.45) is 55.2. The second-order valence-corrected chi connectivity index (χ2v) is 15.9. The minimum absolute atomic E-state index is 0.0226. The van der Waals surface area contributed by atoms with Crippen molar-refractivity contribution in [3.05, 3.63) is 72.9 Å². The molecule has 0 amide bonds. The van der Waals surface area contributed by atoms with Gasteiger partial charge in [0.1, 0.15) is 6.61 Å². The zero-order chi connectivity index (χ0) is 41.1. The Bertz CT molecular complexity index is 1130. The number of esters is 2. The van der Waals surface area contributed by atoms with Crippen LogP contribution in [0.15, 0.2) is 72.9 Å². The quantitative estimate of drug-likeness (QED) is 0.0272. The van der Waals surface area contributed by atoms with Gasteiger partial charge in [0.05, 0.1) is 13.0 Å². The van der Waals surface area contributed by atoms with Crippen LogP contribution in [0, 0.1) is 0 Å². The molecule has 0 aromatic rings. The van der Waals surface area contributed by atoms with Gasteiger partial charge in [-0.1, -0.05) is 189 Å². The average molecular weight is 805 g/mol. The van der Waals surface area contributed by atoms with Gasteiger partial charge < -0.3 is 19.3 Å². The molecule has 0 saturated heterocycles. The fraction of sp³-hybridized carbons (Fsp3) is 0.702. The predicted octanol–water partition coefficient (Wildman–Crippen LogP) is 13.9. The summed E-state index contributed by atoms with van der Waals surface area (Å²) in [6.45, 7) is 3.49. The van der Waals surface area contributed by atoms with Crippen LogP contribution in [0.4, 0.5) is 0 Å². The number of allylic oxidation sites excluding steroid dienone is 11. The molecule has 2 N–H and O–H groups in total. The van der Waals surface area contributed by atoms with E-state index in [1.54, 1.807) is 6.08 Å². The lowest BCUT2D eigenvalue weighted by Crippen LogP contribution is -2.29. The Balaban J connectivity index is 3.94. The Labute approximate surface area is 342 Å². The Kier molecular flexibility index (Phi) is 40.2. The van der Waals surface area contributed by atoms with Crippen LogP contribution < -0.4 is 0 Å². The number of phosphoric ester groups is 1. The minimum atomic E-state index is -4.78. The van der Waals surface area contributed by atoms with E-state index in [4.69, 9.17) is 19.3 Å². The molecular formula is C47H81O8P. The maximum absolute atomic E-state index is 12.3. The van der Waals surface area contributed by atoms with Crippen LogP contribution in [0.1, 0.15) is 194 Å². The van der Waals surface area contributed by atoms with Gasteiger partial charge >= 0.3 is 19.8 Å². The van der Waals surface area contributed by atoms with E-state index >= 15 is 0 Å². The first-order chi connectivity index (χ1) is 27.3. The van der Waals surface area contributed by atoms with Crippen molar-refractivity contribution in [1.29, 1.82) is 0 Å². The highest BCUT2D eigenvalue weighted by Gasteiger charge is 2.22. The van der Waals surface area contributed by atoms with Gasteiger partial charge in [0, 0.05) is 6.42 Å². The molecular weight excluding hydrogens is 723 g/mol. The Morgan fingerprint density at radius 3 is 1.36 bits per heavy atom. The molecule has 1 unspecified atom stereocenters. The number of carbonyl (C=O) groups is 2. The van der Waals surface area contributed by atoms with Crippen molar-refractivity contribution in [2.75, 3.05) is 13.2 Å². The van der Waals surface area contributed by atoms with Gasteiger partial charge in [0.2, 0.25) is 0 Å². The molecule has 0 aromatic heterocycles. The molecule has 0 radical (unpaired) electrons. The van der Waals surface area contributed by atoms with Crippen molar-refractivity contribution in [2.45, 2.75) is 200 Å². The van der Waals surface area contributed by atoms with Crippen molar-refractivity contribution < 1.29 is 37.9 Å². The lowest BCUT2D eigenvalue weighted by molar-refractivity contribution is -0.160. The Morgan fingerprint density at radius 1 is 0.500 bits per heavy atom. The number of rotatable bonds is 40. The summed E-state index contributed by atoms with van der Waals surface area (Å²) < 4.78 is 26.3. The highest BCUT2D eigenvalue weighted by Crippen LogP contribution is 2.36. The monoisotopic (exact) mass is 805 g/mol. The smallest absolute Gasteiger partial charge is 0.462 e. The van der Waals surface area contributed by atoms with E-state index in [1.807, 2.05) is 12.2 Å².